The van der Waals surface area contributed by atoms with Gasteiger partial charge in [0.15, 0.2) is 8.32 Å². The molecule has 1 N–H and O–H groups in total. The van der Waals surface area contributed by atoms with Crippen LogP contribution < -0.4 is 15.9 Å². The number of carbonyl (C=O) groups excluding carboxylic acids is 2. The molecule has 7 nitrogen and oxygen atoms in total. The molecule has 0 saturated carbocycles. The van der Waals surface area contributed by atoms with E-state index >= 15 is 0 Å². The first-order valence-electron chi connectivity index (χ1n) is 15.6. The molecule has 4 rings (SSSR count). The average molecular weight is 660 g/mol. The third kappa shape index (κ3) is 6.44. The van der Waals surface area contributed by atoms with E-state index in [0.717, 1.165) is 15.9 Å². The standard InChI is InChI=1S/C37H46NO6PSi/c1-9-25-43-36(42)34(38-32(26(2)35(40)41)31(33(38)39)27(3)44-46(7,8)37(4,5)6)45(28-19-13-10-14-20-28,29-21-15-11-16-22-29)30-23-17-12-18-24-30/h9-24,26-27,31-32H,1,25H2,2-8H3,(H,40,41)/t26-,27-,31-,32+/m1/s1. The second-order valence-electron chi connectivity index (χ2n) is 13.3. The second-order valence-corrected chi connectivity index (χ2v) is 21.4. The topological polar surface area (TPSA) is 93.1 Å². The van der Waals surface area contributed by atoms with Crippen LogP contribution in [0.15, 0.2) is 104 Å². The van der Waals surface area contributed by atoms with E-state index < -0.39 is 51.1 Å². The fraction of sp³-hybridized carbons (Fsp3) is 0.351. The van der Waals surface area contributed by atoms with E-state index in [-0.39, 0.29) is 23.0 Å². The molecule has 3 aromatic carbocycles. The van der Waals surface area contributed by atoms with Gasteiger partial charge in [0.25, 0.3) is 0 Å². The molecule has 46 heavy (non-hydrogen) atoms. The van der Waals surface area contributed by atoms with Crippen molar-refractivity contribution in [3.8, 4) is 0 Å². The zero-order valence-electron chi connectivity index (χ0n) is 27.8. The monoisotopic (exact) mass is 659 g/mol. The molecule has 0 unspecified atom stereocenters. The molecule has 1 amide bonds. The van der Waals surface area contributed by atoms with Gasteiger partial charge in [0.1, 0.15) is 12.0 Å². The van der Waals surface area contributed by atoms with Crippen molar-refractivity contribution in [1.29, 1.82) is 0 Å². The zero-order chi connectivity index (χ0) is 33.9. The van der Waals surface area contributed by atoms with Gasteiger partial charge in [-0.3, -0.25) is 9.59 Å². The zero-order valence-corrected chi connectivity index (χ0v) is 29.7. The number of benzene rings is 3. The van der Waals surface area contributed by atoms with Gasteiger partial charge in [-0.05, 0) is 47.9 Å². The van der Waals surface area contributed by atoms with E-state index in [1.165, 1.54) is 11.0 Å². The lowest BCUT2D eigenvalue weighted by molar-refractivity contribution is -0.165. The van der Waals surface area contributed by atoms with Gasteiger partial charge in [0.05, 0.1) is 24.0 Å². The first kappa shape index (κ1) is 35.1. The van der Waals surface area contributed by atoms with Crippen LogP contribution in [0.1, 0.15) is 34.6 Å². The molecular formula is C37H46NO6PSi. The molecule has 0 aromatic heterocycles. The lowest BCUT2D eigenvalue weighted by atomic mass is 9.76. The summed E-state index contributed by atoms with van der Waals surface area (Å²) in [6.07, 6.45) is 0.913. The van der Waals surface area contributed by atoms with E-state index in [1.807, 2.05) is 97.9 Å². The Hall–Kier alpha value is -3.71. The third-order valence-electron chi connectivity index (χ3n) is 9.37. The number of β-lactam (4-membered cyclic amide) rings is 1. The Kier molecular flexibility index (Phi) is 10.7. The Balaban J connectivity index is 2.13. The number of ether oxygens (including phenoxy) is 1. The molecule has 1 heterocycles. The first-order chi connectivity index (χ1) is 21.7. The van der Waals surface area contributed by atoms with E-state index in [9.17, 15) is 19.5 Å². The molecule has 0 aliphatic carbocycles. The molecule has 4 atom stereocenters. The third-order valence-corrected chi connectivity index (χ3v) is 18.2. The summed E-state index contributed by atoms with van der Waals surface area (Å²) in [5.41, 5.74) is 0.150. The number of esters is 1. The highest BCUT2D eigenvalue weighted by Crippen LogP contribution is 2.51. The second kappa shape index (κ2) is 14.0. The van der Waals surface area contributed by atoms with Crippen molar-refractivity contribution in [3.05, 3.63) is 104 Å². The molecule has 1 aliphatic heterocycles. The Labute approximate surface area is 274 Å². The van der Waals surface area contributed by atoms with Gasteiger partial charge in [-0.2, -0.15) is 0 Å². The quantitative estimate of drug-likeness (QED) is 0.0870. The molecule has 1 aliphatic rings. The van der Waals surface area contributed by atoms with E-state index in [1.54, 1.807) is 6.92 Å². The normalized spacial score (nSPS) is 18.2. The van der Waals surface area contributed by atoms with Crippen molar-refractivity contribution in [2.75, 3.05) is 6.61 Å². The van der Waals surface area contributed by atoms with Crippen LogP contribution in [0, 0.1) is 11.8 Å². The molecule has 1 saturated heterocycles. The molecule has 0 spiro atoms. The number of amides is 1. The summed E-state index contributed by atoms with van der Waals surface area (Å²) < 4.78 is 12.5. The highest BCUT2D eigenvalue weighted by Gasteiger charge is 2.59. The lowest BCUT2D eigenvalue weighted by Gasteiger charge is -2.54. The van der Waals surface area contributed by atoms with Crippen molar-refractivity contribution >= 4 is 54.4 Å². The molecular weight excluding hydrogens is 613 g/mol. The maximum Gasteiger partial charge on any atom is 0.356 e. The summed E-state index contributed by atoms with van der Waals surface area (Å²) in [4.78, 5) is 43.4. The van der Waals surface area contributed by atoms with Crippen molar-refractivity contribution in [2.45, 2.75) is 64.9 Å². The molecule has 0 bridgehead atoms. The highest BCUT2D eigenvalue weighted by atomic mass is 31.2. The van der Waals surface area contributed by atoms with E-state index in [0.29, 0.717) is 0 Å². The maximum absolute atomic E-state index is 14.7. The van der Waals surface area contributed by atoms with Gasteiger partial charge in [-0.1, -0.05) is 124 Å². The minimum absolute atomic E-state index is 0.0732. The summed E-state index contributed by atoms with van der Waals surface area (Å²) in [6, 6.07) is 28.1. The number of rotatable bonds is 12. The number of aliphatic carboxylic acids is 1. The van der Waals surface area contributed by atoms with Gasteiger partial charge >= 0.3 is 11.9 Å². The van der Waals surface area contributed by atoms with Crippen molar-refractivity contribution in [2.24, 2.45) is 11.8 Å². The van der Waals surface area contributed by atoms with Crippen LogP contribution in [0.2, 0.25) is 18.1 Å². The average Bonchev–Trinajstić information content (AvgIpc) is 3.02. The number of hydrogen-bond acceptors (Lipinski definition) is 5. The summed E-state index contributed by atoms with van der Waals surface area (Å²) in [5, 5.41) is 12.8. The molecule has 244 valence electrons. The largest absolute Gasteiger partial charge is 0.481 e. The summed E-state index contributed by atoms with van der Waals surface area (Å²) in [5.74, 6) is -3.86. The summed E-state index contributed by atoms with van der Waals surface area (Å²) in [6.45, 7) is 14.5. The Bertz CT molecular complexity index is 1510. The number of carboxylic acids is 1. The maximum atomic E-state index is 14.7. The van der Waals surface area contributed by atoms with Crippen LogP contribution in [-0.2, 0) is 23.5 Å². The highest BCUT2D eigenvalue weighted by molar-refractivity contribution is 7.96. The van der Waals surface area contributed by atoms with Crippen LogP contribution >= 0.6 is 6.89 Å². The van der Waals surface area contributed by atoms with Crippen molar-refractivity contribution in [3.63, 3.8) is 0 Å². The Morgan fingerprint density at radius 2 is 1.35 bits per heavy atom. The number of hydrogen-bond donors (Lipinski definition) is 1. The van der Waals surface area contributed by atoms with Gasteiger partial charge in [0.2, 0.25) is 5.91 Å². The Morgan fingerprint density at radius 3 is 1.72 bits per heavy atom. The van der Waals surface area contributed by atoms with Crippen LogP contribution in [0.5, 0.6) is 0 Å². The summed E-state index contributed by atoms with van der Waals surface area (Å²) >= 11 is 0. The van der Waals surface area contributed by atoms with Crippen molar-refractivity contribution in [1.82, 2.24) is 4.90 Å². The SMILES string of the molecule is C=CCOC(=O)C(N1C(=O)[C@H]([C@@H](C)O[Si](C)(C)C(C)(C)C)[C@@H]1[C@@H](C)C(=O)O)=P(c1ccccc1)(c1ccccc1)c1ccccc1. The fourth-order valence-corrected chi connectivity index (χ4v) is 11.8. The van der Waals surface area contributed by atoms with Crippen LogP contribution in [0.4, 0.5) is 0 Å². The van der Waals surface area contributed by atoms with E-state index in [2.05, 4.69) is 40.4 Å². The number of likely N-dealkylation sites (tertiary alicyclic amines) is 1. The number of carbonyl (C=O) groups is 3. The predicted octanol–water partition coefficient (Wildman–Crippen LogP) is 5.80. The van der Waals surface area contributed by atoms with E-state index in [4.69, 9.17) is 9.16 Å². The Morgan fingerprint density at radius 1 is 0.913 bits per heavy atom. The summed E-state index contributed by atoms with van der Waals surface area (Å²) in [7, 11) is -2.34. The lowest BCUT2D eigenvalue weighted by Crippen LogP contribution is -2.71. The first-order valence-corrected chi connectivity index (χ1v) is 20.3. The number of nitrogens with zero attached hydrogens (tertiary/aromatic N) is 1. The van der Waals surface area contributed by atoms with Gasteiger partial charge in [-0.25, -0.2) is 4.79 Å². The smallest absolute Gasteiger partial charge is 0.356 e. The fourth-order valence-electron chi connectivity index (χ4n) is 6.02. The van der Waals surface area contributed by atoms with Gasteiger partial charge in [-0.15, -0.1) is 0 Å². The van der Waals surface area contributed by atoms with Gasteiger partial charge < -0.3 is 19.2 Å². The number of carboxylic acid groups (broad SMARTS) is 1. The molecule has 1 fully saturated rings. The minimum Gasteiger partial charge on any atom is -0.481 e. The van der Waals surface area contributed by atoms with Crippen LogP contribution in [0.25, 0.3) is 0 Å². The van der Waals surface area contributed by atoms with Crippen LogP contribution in [-0.4, -0.2) is 60.3 Å². The van der Waals surface area contributed by atoms with Crippen LogP contribution in [0.3, 0.4) is 0 Å². The predicted molar refractivity (Wildman–Crippen MR) is 190 cm³/mol. The molecule has 3 aromatic rings. The van der Waals surface area contributed by atoms with Gasteiger partial charge in [0, 0.05) is 6.89 Å². The molecule has 0 radical (unpaired) electrons. The molecule has 9 heteroatoms. The minimum atomic E-state index is -3.16. The van der Waals surface area contributed by atoms with Crippen molar-refractivity contribution < 1.29 is 28.7 Å².